The fourth-order valence-electron chi connectivity index (χ4n) is 4.91. The molecule has 1 atom stereocenters. The van der Waals surface area contributed by atoms with Crippen LogP contribution in [0.15, 0.2) is 47.8 Å². The number of hydrogen-bond donors (Lipinski definition) is 1. The molecule has 1 saturated heterocycles. The lowest BCUT2D eigenvalue weighted by molar-refractivity contribution is 0.0263. The number of hydrogen-bond acceptors (Lipinski definition) is 9. The molecule has 0 bridgehead atoms. The van der Waals surface area contributed by atoms with Crippen LogP contribution in [-0.4, -0.2) is 73.2 Å². The quantitative estimate of drug-likeness (QED) is 0.524. The largest absolute Gasteiger partial charge is 0.444 e. The molecule has 0 aromatic carbocycles. The second-order valence-corrected chi connectivity index (χ2v) is 11.0. The van der Waals surface area contributed by atoms with Crippen molar-refractivity contribution < 1.29 is 14.3 Å². The molecule has 0 saturated carbocycles. The van der Waals surface area contributed by atoms with Gasteiger partial charge in [-0.2, -0.15) is 0 Å². The Morgan fingerprint density at radius 1 is 1.00 bits per heavy atom. The van der Waals surface area contributed by atoms with Gasteiger partial charge in [-0.25, -0.2) is 24.7 Å². The van der Waals surface area contributed by atoms with Gasteiger partial charge >= 0.3 is 6.09 Å². The first-order valence-electron chi connectivity index (χ1n) is 13.6. The highest BCUT2D eigenvalue weighted by Gasteiger charge is 2.27. The highest BCUT2D eigenvalue weighted by atomic mass is 16.6. The fourth-order valence-corrected chi connectivity index (χ4v) is 4.91. The lowest BCUT2D eigenvalue weighted by atomic mass is 10.1. The number of amides is 2. The number of pyridine rings is 1. The molecule has 1 unspecified atom stereocenters. The van der Waals surface area contributed by atoms with Gasteiger partial charge in [-0.05, 0) is 58.2 Å². The predicted molar refractivity (Wildman–Crippen MR) is 148 cm³/mol. The van der Waals surface area contributed by atoms with Crippen molar-refractivity contribution in [2.24, 2.45) is 0 Å². The van der Waals surface area contributed by atoms with E-state index in [9.17, 15) is 14.4 Å². The molecular formula is C28H34N8O4. The maximum atomic E-state index is 13.2. The summed E-state index contributed by atoms with van der Waals surface area (Å²) in [7, 11) is 0. The minimum atomic E-state index is -0.536. The first-order chi connectivity index (χ1) is 19.2. The van der Waals surface area contributed by atoms with E-state index in [-0.39, 0.29) is 17.6 Å². The second kappa shape index (κ2) is 11.4. The number of anilines is 1. The highest BCUT2D eigenvalue weighted by molar-refractivity contribution is 5.94. The average molecular weight is 547 g/mol. The molecule has 3 aromatic rings. The Bertz CT molecular complexity index is 1420. The first kappa shape index (κ1) is 27.2. The number of aromatic nitrogens is 5. The second-order valence-electron chi connectivity index (χ2n) is 11.0. The molecule has 210 valence electrons. The standard InChI is InChI=1S/C28H34N8O4/c1-28(2,3)40-27(39)35-12-5-11-34(14-15-35)23-8-7-19(17-30-23)26(38)33-21-6-4-13-36-24(37)16-22(32-25(21)36)20-9-10-29-18-31-20/h7-10,16-18,21H,4-6,11-15H2,1-3H3,(H,33,38). The summed E-state index contributed by atoms with van der Waals surface area (Å²) in [6, 6.07) is 6.31. The molecule has 0 aliphatic carbocycles. The monoisotopic (exact) mass is 546 g/mol. The Kier molecular flexibility index (Phi) is 7.76. The van der Waals surface area contributed by atoms with Crippen molar-refractivity contribution in [2.45, 2.75) is 58.2 Å². The Balaban J connectivity index is 1.25. The molecule has 12 nitrogen and oxygen atoms in total. The van der Waals surface area contributed by atoms with E-state index in [2.05, 4.69) is 25.2 Å². The zero-order valence-corrected chi connectivity index (χ0v) is 23.0. The van der Waals surface area contributed by atoms with E-state index in [0.29, 0.717) is 55.4 Å². The van der Waals surface area contributed by atoms with Crippen molar-refractivity contribution >= 4 is 17.8 Å². The Labute approximate surface area is 232 Å². The van der Waals surface area contributed by atoms with E-state index in [0.717, 1.165) is 25.2 Å². The minimum absolute atomic E-state index is 0.175. The number of nitrogens with one attached hydrogen (secondary N) is 1. The first-order valence-corrected chi connectivity index (χ1v) is 13.6. The summed E-state index contributed by atoms with van der Waals surface area (Å²) >= 11 is 0. The molecule has 1 N–H and O–H groups in total. The molecule has 40 heavy (non-hydrogen) atoms. The third-order valence-electron chi connectivity index (χ3n) is 6.86. The summed E-state index contributed by atoms with van der Waals surface area (Å²) < 4.78 is 7.13. The normalized spacial score (nSPS) is 17.5. The molecule has 2 amide bonds. The molecule has 5 rings (SSSR count). The average Bonchev–Trinajstić information content (AvgIpc) is 3.20. The van der Waals surface area contributed by atoms with Crippen molar-refractivity contribution in [1.82, 2.24) is 34.7 Å². The van der Waals surface area contributed by atoms with Gasteiger partial charge in [-0.1, -0.05) is 0 Å². The summed E-state index contributed by atoms with van der Waals surface area (Å²) in [5.41, 5.74) is 0.708. The Morgan fingerprint density at radius 2 is 1.85 bits per heavy atom. The fraction of sp³-hybridized carbons (Fsp3) is 0.464. The lowest BCUT2D eigenvalue weighted by Crippen LogP contribution is -2.39. The number of carbonyl (C=O) groups is 2. The lowest BCUT2D eigenvalue weighted by Gasteiger charge is -2.27. The van der Waals surface area contributed by atoms with E-state index < -0.39 is 11.6 Å². The van der Waals surface area contributed by atoms with Crippen LogP contribution in [0.4, 0.5) is 10.6 Å². The third-order valence-corrected chi connectivity index (χ3v) is 6.86. The van der Waals surface area contributed by atoms with Crippen molar-refractivity contribution in [2.75, 3.05) is 31.1 Å². The van der Waals surface area contributed by atoms with Gasteiger partial charge in [0.1, 0.15) is 23.6 Å². The van der Waals surface area contributed by atoms with Gasteiger partial charge in [0.15, 0.2) is 0 Å². The summed E-state index contributed by atoms with van der Waals surface area (Å²) in [6.45, 7) is 8.63. The van der Waals surface area contributed by atoms with E-state index in [1.54, 1.807) is 34.0 Å². The number of rotatable bonds is 4. The van der Waals surface area contributed by atoms with E-state index in [4.69, 9.17) is 9.72 Å². The SMILES string of the molecule is CC(C)(C)OC(=O)N1CCCN(c2ccc(C(=O)NC3CCCn4c3nc(-c3ccncn3)cc4=O)cn2)CC1. The smallest absolute Gasteiger partial charge is 0.410 e. The number of fused-ring (bicyclic) bond motifs is 1. The maximum Gasteiger partial charge on any atom is 0.410 e. The van der Waals surface area contributed by atoms with Crippen molar-refractivity contribution in [3.05, 3.63) is 64.7 Å². The van der Waals surface area contributed by atoms with Crippen LogP contribution >= 0.6 is 0 Å². The van der Waals surface area contributed by atoms with Gasteiger partial charge in [0.25, 0.3) is 11.5 Å². The molecule has 3 aromatic heterocycles. The molecule has 2 aliphatic rings. The maximum absolute atomic E-state index is 13.2. The predicted octanol–water partition coefficient (Wildman–Crippen LogP) is 2.81. The van der Waals surface area contributed by atoms with Crippen molar-refractivity contribution in [3.8, 4) is 11.4 Å². The van der Waals surface area contributed by atoms with Gasteiger partial charge in [0.05, 0.1) is 23.0 Å². The summed E-state index contributed by atoms with van der Waals surface area (Å²) in [4.78, 5) is 59.7. The van der Waals surface area contributed by atoms with Crippen LogP contribution in [0.25, 0.3) is 11.4 Å². The zero-order valence-electron chi connectivity index (χ0n) is 23.0. The molecular weight excluding hydrogens is 512 g/mol. The molecule has 2 aliphatic heterocycles. The summed E-state index contributed by atoms with van der Waals surface area (Å²) in [5.74, 6) is 0.976. The zero-order chi connectivity index (χ0) is 28.3. The topological polar surface area (TPSA) is 135 Å². The molecule has 12 heteroatoms. The van der Waals surface area contributed by atoms with Gasteiger partial charge in [-0.3, -0.25) is 14.2 Å². The van der Waals surface area contributed by atoms with Crippen molar-refractivity contribution in [1.29, 1.82) is 0 Å². The molecule has 0 radical (unpaired) electrons. The number of ether oxygens (including phenoxy) is 1. The van der Waals surface area contributed by atoms with Crippen LogP contribution in [0.5, 0.6) is 0 Å². The van der Waals surface area contributed by atoms with E-state index in [1.165, 1.54) is 12.4 Å². The highest BCUT2D eigenvalue weighted by Crippen LogP contribution is 2.25. The van der Waals surface area contributed by atoms with Crippen LogP contribution in [0.1, 0.15) is 62.3 Å². The van der Waals surface area contributed by atoms with E-state index >= 15 is 0 Å². The molecule has 0 spiro atoms. The molecule has 5 heterocycles. The van der Waals surface area contributed by atoms with Crippen LogP contribution in [0.2, 0.25) is 0 Å². The van der Waals surface area contributed by atoms with Crippen LogP contribution in [0, 0.1) is 0 Å². The van der Waals surface area contributed by atoms with Gasteiger partial charge < -0.3 is 19.9 Å². The van der Waals surface area contributed by atoms with Gasteiger partial charge in [-0.15, -0.1) is 0 Å². The summed E-state index contributed by atoms with van der Waals surface area (Å²) in [5, 5.41) is 3.04. The van der Waals surface area contributed by atoms with Gasteiger partial charge in [0.2, 0.25) is 0 Å². The van der Waals surface area contributed by atoms with Crippen LogP contribution < -0.4 is 15.8 Å². The third kappa shape index (κ3) is 6.27. The molecule has 1 fully saturated rings. The van der Waals surface area contributed by atoms with Gasteiger partial charge in [0, 0.05) is 51.2 Å². The number of nitrogens with zero attached hydrogens (tertiary/aromatic N) is 7. The van der Waals surface area contributed by atoms with Crippen molar-refractivity contribution in [3.63, 3.8) is 0 Å². The number of carbonyl (C=O) groups excluding carboxylic acids is 2. The van der Waals surface area contributed by atoms with Crippen LogP contribution in [0.3, 0.4) is 0 Å². The Morgan fingerprint density at radius 3 is 2.58 bits per heavy atom. The van der Waals surface area contributed by atoms with Crippen LogP contribution in [-0.2, 0) is 11.3 Å². The Hall–Kier alpha value is -4.35. The van der Waals surface area contributed by atoms with E-state index in [1.807, 2.05) is 26.8 Å². The summed E-state index contributed by atoms with van der Waals surface area (Å²) in [6.07, 6.45) is 6.46. The minimum Gasteiger partial charge on any atom is -0.444 e.